The number of nitrogens with zero attached hydrogens (tertiary/aromatic N) is 2. The molecular formula is C23H23N3O4. The molecule has 2 aromatic carbocycles. The number of aryl methyl sites for hydroxylation is 1. The molecule has 1 fully saturated rings. The van der Waals surface area contributed by atoms with E-state index in [0.717, 1.165) is 5.56 Å². The second-order valence-corrected chi connectivity index (χ2v) is 7.31. The van der Waals surface area contributed by atoms with Crippen molar-refractivity contribution in [2.24, 2.45) is 0 Å². The van der Waals surface area contributed by atoms with Crippen LogP contribution in [0.4, 0.5) is 11.4 Å². The van der Waals surface area contributed by atoms with Crippen molar-refractivity contribution in [1.29, 1.82) is 0 Å². The van der Waals surface area contributed by atoms with E-state index in [1.54, 1.807) is 30.3 Å². The fraction of sp³-hybridized carbons (Fsp3) is 0.261. The van der Waals surface area contributed by atoms with Crippen LogP contribution in [0.25, 0.3) is 5.57 Å². The first-order valence-electron chi connectivity index (χ1n) is 9.87. The Labute approximate surface area is 174 Å². The lowest BCUT2D eigenvalue weighted by molar-refractivity contribution is -0.121. The van der Waals surface area contributed by atoms with Gasteiger partial charge < -0.3 is 15.0 Å². The first kappa shape index (κ1) is 19.8. The average molecular weight is 405 g/mol. The lowest BCUT2D eigenvalue weighted by Gasteiger charge is -2.29. The number of carbonyl (C=O) groups is 3. The zero-order chi connectivity index (χ0) is 21.3. The molecule has 1 N–H and O–H groups in total. The molecule has 4 rings (SSSR count). The number of benzene rings is 2. The number of nitrogens with one attached hydrogen (secondary N) is 1. The Hall–Kier alpha value is -3.45. The Morgan fingerprint density at radius 3 is 2.27 bits per heavy atom. The van der Waals surface area contributed by atoms with Gasteiger partial charge in [0, 0.05) is 25.7 Å². The predicted molar refractivity (Wildman–Crippen MR) is 114 cm³/mol. The Balaban J connectivity index is 1.79. The number of carbonyl (C=O) groups excluding carboxylic acids is 3. The van der Waals surface area contributed by atoms with Gasteiger partial charge in [-0.15, -0.1) is 0 Å². The van der Waals surface area contributed by atoms with Gasteiger partial charge in [-0.05, 0) is 36.2 Å². The standard InChI is InChI=1S/C23H23N3O4/c1-15-5-3-4-6-19(15)26-22(28)20(17-7-9-18(10-8-17)24-16(2)27)21(23(26)29)25-11-13-30-14-12-25/h3-10H,11-14H2,1-2H3,(H,24,27). The van der Waals surface area contributed by atoms with Gasteiger partial charge in [-0.25, -0.2) is 4.90 Å². The number of ether oxygens (including phenoxy) is 1. The SMILES string of the molecule is CC(=O)Nc1ccc(C2=C(N3CCOCC3)C(=O)N(c3ccccc3C)C2=O)cc1. The van der Waals surface area contributed by atoms with Crippen molar-refractivity contribution >= 4 is 34.7 Å². The highest BCUT2D eigenvalue weighted by Gasteiger charge is 2.43. The smallest absolute Gasteiger partial charge is 0.282 e. The van der Waals surface area contributed by atoms with E-state index >= 15 is 0 Å². The highest BCUT2D eigenvalue weighted by atomic mass is 16.5. The van der Waals surface area contributed by atoms with Gasteiger partial charge in [-0.1, -0.05) is 30.3 Å². The van der Waals surface area contributed by atoms with Gasteiger partial charge in [0.1, 0.15) is 5.70 Å². The molecule has 2 aliphatic heterocycles. The topological polar surface area (TPSA) is 79.0 Å². The molecule has 0 saturated carbocycles. The number of anilines is 2. The minimum atomic E-state index is -0.344. The summed E-state index contributed by atoms with van der Waals surface area (Å²) in [5, 5.41) is 2.72. The summed E-state index contributed by atoms with van der Waals surface area (Å²) in [5.41, 5.74) is 3.48. The van der Waals surface area contributed by atoms with Crippen LogP contribution in [0.2, 0.25) is 0 Å². The van der Waals surface area contributed by atoms with Crippen LogP contribution in [-0.2, 0) is 19.1 Å². The van der Waals surface area contributed by atoms with Crippen molar-refractivity contribution in [3.8, 4) is 0 Å². The minimum Gasteiger partial charge on any atom is -0.378 e. The molecule has 1 saturated heterocycles. The molecule has 7 nitrogen and oxygen atoms in total. The molecular weight excluding hydrogens is 382 g/mol. The summed E-state index contributed by atoms with van der Waals surface area (Å²) in [6.07, 6.45) is 0. The van der Waals surface area contributed by atoms with E-state index < -0.39 is 0 Å². The van der Waals surface area contributed by atoms with Crippen LogP contribution in [0.5, 0.6) is 0 Å². The van der Waals surface area contributed by atoms with Crippen LogP contribution < -0.4 is 10.2 Å². The fourth-order valence-electron chi connectivity index (χ4n) is 3.82. The van der Waals surface area contributed by atoms with Crippen LogP contribution in [0, 0.1) is 6.92 Å². The molecule has 0 unspecified atom stereocenters. The van der Waals surface area contributed by atoms with Gasteiger partial charge in [0.2, 0.25) is 5.91 Å². The highest BCUT2D eigenvalue weighted by Crippen LogP contribution is 2.36. The van der Waals surface area contributed by atoms with E-state index in [4.69, 9.17) is 4.74 Å². The monoisotopic (exact) mass is 405 g/mol. The summed E-state index contributed by atoms with van der Waals surface area (Å²) < 4.78 is 5.43. The van der Waals surface area contributed by atoms with E-state index in [1.165, 1.54) is 11.8 Å². The normalized spacial score (nSPS) is 17.0. The fourth-order valence-corrected chi connectivity index (χ4v) is 3.82. The van der Waals surface area contributed by atoms with Crippen molar-refractivity contribution in [2.75, 3.05) is 36.5 Å². The van der Waals surface area contributed by atoms with Gasteiger partial charge in [0.15, 0.2) is 0 Å². The van der Waals surface area contributed by atoms with Crippen molar-refractivity contribution < 1.29 is 19.1 Å². The molecule has 2 aromatic rings. The first-order valence-corrected chi connectivity index (χ1v) is 9.87. The Morgan fingerprint density at radius 2 is 1.63 bits per heavy atom. The predicted octanol–water partition coefficient (Wildman–Crippen LogP) is 2.57. The second kappa shape index (κ2) is 8.12. The van der Waals surface area contributed by atoms with Crippen molar-refractivity contribution in [2.45, 2.75) is 13.8 Å². The number of hydrogen-bond donors (Lipinski definition) is 1. The average Bonchev–Trinajstić information content (AvgIpc) is 2.99. The maximum atomic E-state index is 13.5. The summed E-state index contributed by atoms with van der Waals surface area (Å²) >= 11 is 0. The number of rotatable bonds is 4. The molecule has 3 amide bonds. The van der Waals surface area contributed by atoms with Gasteiger partial charge in [0.25, 0.3) is 11.8 Å². The highest BCUT2D eigenvalue weighted by molar-refractivity contribution is 6.45. The molecule has 0 spiro atoms. The maximum Gasteiger partial charge on any atom is 0.282 e. The third kappa shape index (κ3) is 3.59. The molecule has 30 heavy (non-hydrogen) atoms. The summed E-state index contributed by atoms with van der Waals surface area (Å²) in [6.45, 7) is 5.41. The second-order valence-electron chi connectivity index (χ2n) is 7.31. The van der Waals surface area contributed by atoms with Gasteiger partial charge in [-0.3, -0.25) is 14.4 Å². The maximum absolute atomic E-state index is 13.5. The van der Waals surface area contributed by atoms with Crippen LogP contribution in [-0.4, -0.2) is 48.9 Å². The molecule has 0 radical (unpaired) electrons. The molecule has 2 heterocycles. The number of para-hydroxylation sites is 1. The van der Waals surface area contributed by atoms with Crippen LogP contribution in [0.15, 0.2) is 54.2 Å². The van der Waals surface area contributed by atoms with Crippen molar-refractivity contribution in [3.05, 3.63) is 65.4 Å². The quantitative estimate of drug-likeness (QED) is 0.791. The number of morpholine rings is 1. The number of imide groups is 1. The Bertz CT molecular complexity index is 1040. The van der Waals surface area contributed by atoms with Crippen molar-refractivity contribution in [3.63, 3.8) is 0 Å². The van der Waals surface area contributed by atoms with E-state index in [-0.39, 0.29) is 17.7 Å². The zero-order valence-electron chi connectivity index (χ0n) is 17.0. The molecule has 0 aromatic heterocycles. The largest absolute Gasteiger partial charge is 0.378 e. The van der Waals surface area contributed by atoms with E-state index in [9.17, 15) is 14.4 Å². The third-order valence-corrected chi connectivity index (χ3v) is 5.24. The lowest BCUT2D eigenvalue weighted by Crippen LogP contribution is -2.40. The first-order chi connectivity index (χ1) is 14.5. The molecule has 0 atom stereocenters. The Morgan fingerprint density at radius 1 is 0.967 bits per heavy atom. The molecule has 0 bridgehead atoms. The summed E-state index contributed by atoms with van der Waals surface area (Å²) in [7, 11) is 0. The zero-order valence-corrected chi connectivity index (χ0v) is 17.0. The summed E-state index contributed by atoms with van der Waals surface area (Å²) in [5.74, 6) is -0.839. The summed E-state index contributed by atoms with van der Waals surface area (Å²) in [4.78, 5) is 41.5. The van der Waals surface area contributed by atoms with Crippen LogP contribution >= 0.6 is 0 Å². The van der Waals surface area contributed by atoms with Crippen LogP contribution in [0.1, 0.15) is 18.1 Å². The minimum absolute atomic E-state index is 0.172. The molecule has 7 heteroatoms. The Kier molecular flexibility index (Phi) is 5.37. The van der Waals surface area contributed by atoms with E-state index in [1.807, 2.05) is 30.0 Å². The van der Waals surface area contributed by atoms with E-state index in [2.05, 4.69) is 5.32 Å². The lowest BCUT2D eigenvalue weighted by atomic mass is 10.0. The third-order valence-electron chi connectivity index (χ3n) is 5.24. The van der Waals surface area contributed by atoms with Crippen molar-refractivity contribution in [1.82, 2.24) is 4.90 Å². The number of amides is 3. The van der Waals surface area contributed by atoms with Gasteiger partial charge >= 0.3 is 0 Å². The van der Waals surface area contributed by atoms with Gasteiger partial charge in [0.05, 0.1) is 24.5 Å². The van der Waals surface area contributed by atoms with Crippen LogP contribution in [0.3, 0.4) is 0 Å². The molecule has 0 aliphatic carbocycles. The molecule has 2 aliphatic rings. The summed E-state index contributed by atoms with van der Waals surface area (Å²) in [6, 6.07) is 14.3. The van der Waals surface area contributed by atoms with Gasteiger partial charge in [-0.2, -0.15) is 0 Å². The number of hydrogen-bond acceptors (Lipinski definition) is 5. The molecule has 154 valence electrons. The van der Waals surface area contributed by atoms with E-state index in [0.29, 0.717) is 54.5 Å².